The number of carboxylic acid groups (broad SMARTS) is 1. The highest BCUT2D eigenvalue weighted by atomic mass is 32.2. The van der Waals surface area contributed by atoms with Crippen LogP contribution in [0.2, 0.25) is 0 Å². The summed E-state index contributed by atoms with van der Waals surface area (Å²) in [7, 11) is 0. The maximum atomic E-state index is 12.7. The highest BCUT2D eigenvalue weighted by molar-refractivity contribution is 8.03. The number of hydrogen-bond donors (Lipinski definition) is 4. The van der Waals surface area contributed by atoms with Crippen LogP contribution in [0.5, 0.6) is 0 Å². The molecule has 7 nitrogen and oxygen atoms in total. The summed E-state index contributed by atoms with van der Waals surface area (Å²) in [5.41, 5.74) is 5.63. The van der Waals surface area contributed by atoms with Gasteiger partial charge in [0.1, 0.15) is 5.70 Å². The van der Waals surface area contributed by atoms with Crippen LogP contribution in [0.1, 0.15) is 13.8 Å². The van der Waals surface area contributed by atoms with Crippen LogP contribution >= 0.6 is 24.4 Å². The van der Waals surface area contributed by atoms with E-state index in [4.69, 9.17) is 5.73 Å². The lowest BCUT2D eigenvalue weighted by molar-refractivity contribution is -0.164. The molecular weight excluding hydrogens is 340 g/mol. The first-order chi connectivity index (χ1) is 10.8. The standard InChI is InChI=1S/C14H20N2O5S2/c1-3-23-12-8(11(18)6(15)4-22)9-7(5(2)17)13(19)16(9)10(12)14(20)21/h5-9,17,22H,3-4,15H2,1-2H3,(H,20,21)/t5?,6-,7?,8?,9+/m0/s1. The molecule has 4 N–H and O–H groups in total. The highest BCUT2D eigenvalue weighted by Gasteiger charge is 2.63. The third-order valence-corrected chi connectivity index (χ3v) is 5.62. The molecule has 1 amide bonds. The number of fused-ring (bicyclic) bond motifs is 1. The van der Waals surface area contributed by atoms with Crippen molar-refractivity contribution in [3.63, 3.8) is 0 Å². The van der Waals surface area contributed by atoms with Gasteiger partial charge in [-0.1, -0.05) is 6.92 Å². The number of aliphatic hydroxyl groups is 1. The number of aliphatic carboxylic acids is 1. The number of hydrogen-bond acceptors (Lipinski definition) is 7. The van der Waals surface area contributed by atoms with Crippen molar-refractivity contribution in [3.8, 4) is 0 Å². The molecule has 0 saturated carbocycles. The van der Waals surface area contributed by atoms with Crippen molar-refractivity contribution in [1.29, 1.82) is 0 Å². The number of carbonyl (C=O) groups excluding carboxylic acids is 2. The summed E-state index contributed by atoms with van der Waals surface area (Å²) < 4.78 is 0. The lowest BCUT2D eigenvalue weighted by Gasteiger charge is -2.46. The number of rotatable bonds is 7. The van der Waals surface area contributed by atoms with Crippen molar-refractivity contribution < 1.29 is 24.6 Å². The molecule has 0 radical (unpaired) electrons. The molecule has 5 atom stereocenters. The SMILES string of the molecule is CCSC1=C(C(=O)O)N2C(=O)C(C(C)O)[C@@H]2C1C(=O)[C@@H](N)CS. The van der Waals surface area contributed by atoms with Crippen molar-refractivity contribution in [2.24, 2.45) is 17.6 Å². The van der Waals surface area contributed by atoms with Crippen molar-refractivity contribution in [2.45, 2.75) is 32.0 Å². The number of carboxylic acids is 1. The van der Waals surface area contributed by atoms with Gasteiger partial charge >= 0.3 is 5.97 Å². The number of ketones is 1. The minimum atomic E-state index is -1.25. The lowest BCUT2D eigenvalue weighted by Crippen LogP contribution is -2.65. The van der Waals surface area contributed by atoms with E-state index >= 15 is 0 Å². The first-order valence-corrected chi connectivity index (χ1v) is 8.91. The van der Waals surface area contributed by atoms with Gasteiger partial charge in [0.25, 0.3) is 0 Å². The zero-order valence-electron chi connectivity index (χ0n) is 12.8. The second-order valence-electron chi connectivity index (χ2n) is 5.59. The van der Waals surface area contributed by atoms with Gasteiger partial charge in [-0.05, 0) is 12.7 Å². The van der Waals surface area contributed by atoms with E-state index in [1.165, 1.54) is 18.7 Å². The quantitative estimate of drug-likeness (QED) is 0.363. The highest BCUT2D eigenvalue weighted by Crippen LogP contribution is 2.51. The number of thiol groups is 1. The fraction of sp³-hybridized carbons (Fsp3) is 0.643. The van der Waals surface area contributed by atoms with Gasteiger partial charge in [-0.2, -0.15) is 12.6 Å². The molecule has 2 aliphatic rings. The molecule has 0 aromatic carbocycles. The van der Waals surface area contributed by atoms with E-state index in [0.29, 0.717) is 10.7 Å². The maximum Gasteiger partial charge on any atom is 0.353 e. The molecule has 1 fully saturated rings. The Morgan fingerprint density at radius 1 is 1.48 bits per heavy atom. The third kappa shape index (κ3) is 2.79. The molecule has 2 heterocycles. The number of β-lactam (4-membered cyclic amide) rings is 1. The number of aliphatic hydroxyl groups excluding tert-OH is 1. The van der Waals surface area contributed by atoms with Crippen LogP contribution in [0.15, 0.2) is 10.6 Å². The lowest BCUT2D eigenvalue weighted by atomic mass is 9.76. The summed E-state index contributed by atoms with van der Waals surface area (Å²) in [6, 6.07) is -1.53. The molecule has 9 heteroatoms. The second kappa shape index (κ2) is 6.84. The van der Waals surface area contributed by atoms with Crippen LogP contribution in [0.4, 0.5) is 0 Å². The maximum absolute atomic E-state index is 12.7. The van der Waals surface area contributed by atoms with Crippen molar-refractivity contribution in [2.75, 3.05) is 11.5 Å². The predicted molar refractivity (Wildman–Crippen MR) is 88.9 cm³/mol. The van der Waals surface area contributed by atoms with E-state index in [-0.39, 0.29) is 17.2 Å². The molecule has 128 valence electrons. The number of nitrogens with zero attached hydrogens (tertiary/aromatic N) is 1. The van der Waals surface area contributed by atoms with E-state index in [1.807, 2.05) is 6.92 Å². The molecule has 3 unspecified atom stereocenters. The summed E-state index contributed by atoms with van der Waals surface area (Å²) in [5.74, 6) is -2.99. The molecule has 2 rings (SSSR count). The minimum Gasteiger partial charge on any atom is -0.477 e. The van der Waals surface area contributed by atoms with E-state index < -0.39 is 41.9 Å². The monoisotopic (exact) mass is 360 g/mol. The summed E-state index contributed by atoms with van der Waals surface area (Å²) in [4.78, 5) is 38.0. The Morgan fingerprint density at radius 2 is 2.09 bits per heavy atom. The fourth-order valence-electron chi connectivity index (χ4n) is 3.20. The molecule has 0 bridgehead atoms. The molecule has 0 aliphatic carbocycles. The summed E-state index contributed by atoms with van der Waals surface area (Å²) in [5, 5.41) is 19.3. The van der Waals surface area contributed by atoms with Crippen molar-refractivity contribution in [3.05, 3.63) is 10.6 Å². The van der Waals surface area contributed by atoms with Crippen LogP contribution in [-0.4, -0.2) is 62.5 Å². The molecule has 23 heavy (non-hydrogen) atoms. The van der Waals surface area contributed by atoms with Gasteiger partial charge < -0.3 is 15.9 Å². The minimum absolute atomic E-state index is 0.127. The topological polar surface area (TPSA) is 121 Å². The average molecular weight is 360 g/mol. The van der Waals surface area contributed by atoms with Gasteiger partial charge in [0.2, 0.25) is 5.91 Å². The first kappa shape index (κ1) is 18.3. The van der Waals surface area contributed by atoms with Crippen LogP contribution in [0.25, 0.3) is 0 Å². The molecule has 0 aromatic rings. The zero-order chi connectivity index (χ0) is 17.5. The number of amides is 1. The van der Waals surface area contributed by atoms with E-state index in [1.54, 1.807) is 0 Å². The second-order valence-corrected chi connectivity index (χ2v) is 7.26. The Bertz CT molecular complexity index is 578. The average Bonchev–Trinajstić information content (AvgIpc) is 2.76. The Labute approximate surface area is 143 Å². The van der Waals surface area contributed by atoms with Crippen molar-refractivity contribution >= 4 is 42.1 Å². The number of nitrogens with two attached hydrogens (primary N) is 1. The van der Waals surface area contributed by atoms with Crippen LogP contribution in [-0.2, 0) is 14.4 Å². The fourth-order valence-corrected chi connectivity index (χ4v) is 4.45. The summed E-state index contributed by atoms with van der Waals surface area (Å²) in [6.45, 7) is 3.30. The van der Waals surface area contributed by atoms with Crippen LogP contribution in [0, 0.1) is 11.8 Å². The summed E-state index contributed by atoms with van der Waals surface area (Å²) >= 11 is 5.25. The Balaban J connectivity index is 2.52. The normalized spacial score (nSPS) is 29.2. The molecule has 0 spiro atoms. The Kier molecular flexibility index (Phi) is 5.44. The number of carbonyl (C=O) groups is 3. The Hall–Kier alpha value is -1.03. The smallest absolute Gasteiger partial charge is 0.353 e. The summed E-state index contributed by atoms with van der Waals surface area (Å²) in [6.07, 6.45) is -0.965. The van der Waals surface area contributed by atoms with Gasteiger partial charge in [-0.15, -0.1) is 11.8 Å². The van der Waals surface area contributed by atoms with Gasteiger partial charge in [0.15, 0.2) is 5.78 Å². The molecule has 2 aliphatic heterocycles. The van der Waals surface area contributed by atoms with Gasteiger partial charge in [0.05, 0.1) is 30.0 Å². The third-order valence-electron chi connectivity index (χ3n) is 4.18. The predicted octanol–water partition coefficient (Wildman–Crippen LogP) is -0.300. The van der Waals surface area contributed by atoms with E-state index in [9.17, 15) is 24.6 Å². The number of thioether (sulfide) groups is 1. The Morgan fingerprint density at radius 3 is 2.52 bits per heavy atom. The molecular formula is C14H20N2O5S2. The molecule has 0 aromatic heterocycles. The van der Waals surface area contributed by atoms with Crippen LogP contribution in [0.3, 0.4) is 0 Å². The number of Topliss-reactive ketones (excluding diaryl/α,β-unsaturated/α-hetero) is 1. The van der Waals surface area contributed by atoms with Gasteiger partial charge in [-0.25, -0.2) is 4.79 Å². The largest absolute Gasteiger partial charge is 0.477 e. The van der Waals surface area contributed by atoms with Gasteiger partial charge in [-0.3, -0.25) is 14.5 Å². The zero-order valence-corrected chi connectivity index (χ0v) is 14.5. The first-order valence-electron chi connectivity index (χ1n) is 7.29. The van der Waals surface area contributed by atoms with E-state index in [0.717, 1.165) is 4.90 Å². The van der Waals surface area contributed by atoms with Gasteiger partial charge in [0, 0.05) is 10.7 Å². The van der Waals surface area contributed by atoms with Crippen LogP contribution < -0.4 is 5.73 Å². The van der Waals surface area contributed by atoms with E-state index in [2.05, 4.69) is 12.6 Å². The molecule has 1 saturated heterocycles. The van der Waals surface area contributed by atoms with Crippen molar-refractivity contribution in [1.82, 2.24) is 4.90 Å².